The highest BCUT2D eigenvalue weighted by Gasteiger charge is 2.27. The van der Waals surface area contributed by atoms with Gasteiger partial charge in [-0.25, -0.2) is 0 Å². The van der Waals surface area contributed by atoms with Gasteiger partial charge in [0.1, 0.15) is 6.54 Å². The monoisotopic (exact) mass is 367 g/mol. The molecule has 0 unspecified atom stereocenters. The molecule has 140 valence electrons. The second-order valence-electron chi connectivity index (χ2n) is 6.42. The number of amides is 1. The van der Waals surface area contributed by atoms with Gasteiger partial charge in [-0.15, -0.1) is 10.2 Å². The fraction of sp³-hybridized carbons (Fsp3) is 0.389. The van der Waals surface area contributed by atoms with Gasteiger partial charge in [-0.2, -0.15) is 9.90 Å². The molecular weight excluding hydrogens is 346 g/mol. The second kappa shape index (κ2) is 7.28. The molecule has 0 fully saturated rings. The molecule has 3 heterocycles. The third kappa shape index (κ3) is 3.33. The van der Waals surface area contributed by atoms with Gasteiger partial charge in [0.15, 0.2) is 0 Å². The Hall–Kier alpha value is -3.07. The SMILES string of the molecule is CCn1nc(CO)c2c1CCN(C(=O)Cn1nnc(-c3ccccc3)n1)C2. The molecule has 4 rings (SSSR count). The van der Waals surface area contributed by atoms with Crippen LogP contribution in [0.15, 0.2) is 30.3 Å². The largest absolute Gasteiger partial charge is 0.390 e. The highest BCUT2D eigenvalue weighted by Crippen LogP contribution is 2.23. The van der Waals surface area contributed by atoms with Crippen LogP contribution in [0.4, 0.5) is 0 Å². The number of hydrogen-bond donors (Lipinski definition) is 1. The molecule has 1 aliphatic rings. The zero-order valence-corrected chi connectivity index (χ0v) is 15.1. The Morgan fingerprint density at radius 2 is 2.04 bits per heavy atom. The van der Waals surface area contributed by atoms with Crippen molar-refractivity contribution in [1.82, 2.24) is 34.9 Å². The highest BCUT2D eigenvalue weighted by atomic mass is 16.3. The molecule has 0 saturated heterocycles. The van der Waals surface area contributed by atoms with Crippen molar-refractivity contribution >= 4 is 5.91 Å². The first kappa shape index (κ1) is 17.3. The third-order valence-corrected chi connectivity index (χ3v) is 4.78. The van der Waals surface area contributed by atoms with Crippen LogP contribution in [0.25, 0.3) is 11.4 Å². The smallest absolute Gasteiger partial charge is 0.246 e. The fourth-order valence-electron chi connectivity index (χ4n) is 3.40. The molecule has 0 saturated carbocycles. The zero-order valence-electron chi connectivity index (χ0n) is 15.1. The zero-order chi connectivity index (χ0) is 18.8. The molecule has 9 nitrogen and oxygen atoms in total. The Morgan fingerprint density at radius 1 is 1.22 bits per heavy atom. The number of tetrazole rings is 1. The number of carbonyl (C=O) groups is 1. The van der Waals surface area contributed by atoms with Crippen molar-refractivity contribution in [2.45, 2.75) is 39.6 Å². The minimum Gasteiger partial charge on any atom is -0.390 e. The Morgan fingerprint density at radius 3 is 2.78 bits per heavy atom. The number of benzene rings is 1. The van der Waals surface area contributed by atoms with Crippen LogP contribution in [-0.4, -0.2) is 52.4 Å². The topological polar surface area (TPSA) is 102 Å². The quantitative estimate of drug-likeness (QED) is 0.710. The first-order valence-electron chi connectivity index (χ1n) is 8.99. The molecule has 3 aromatic rings. The molecular formula is C18H21N7O2. The standard InChI is InChI=1S/C18H21N7O2/c1-2-24-16-8-9-23(10-14(16)15(12-26)20-24)17(27)11-25-21-18(19-22-25)13-6-4-3-5-7-13/h3-7,26H,2,8-12H2,1H3. The van der Waals surface area contributed by atoms with E-state index in [0.29, 0.717) is 24.6 Å². The average molecular weight is 367 g/mol. The number of aliphatic hydroxyl groups excluding tert-OH is 1. The third-order valence-electron chi connectivity index (χ3n) is 4.78. The first-order chi connectivity index (χ1) is 13.2. The van der Waals surface area contributed by atoms with E-state index < -0.39 is 0 Å². The number of aryl methyl sites for hydroxylation is 1. The maximum absolute atomic E-state index is 12.7. The van der Waals surface area contributed by atoms with Gasteiger partial charge in [0.25, 0.3) is 0 Å². The van der Waals surface area contributed by atoms with Gasteiger partial charge in [-0.1, -0.05) is 30.3 Å². The van der Waals surface area contributed by atoms with Crippen LogP contribution in [0.5, 0.6) is 0 Å². The van der Waals surface area contributed by atoms with Crippen LogP contribution < -0.4 is 0 Å². The Bertz CT molecular complexity index is 948. The number of aromatic nitrogens is 6. The number of hydrogen-bond acceptors (Lipinski definition) is 6. The number of fused-ring (bicyclic) bond motifs is 1. The normalized spacial score (nSPS) is 13.6. The lowest BCUT2D eigenvalue weighted by Gasteiger charge is -2.27. The Kier molecular flexibility index (Phi) is 4.68. The lowest BCUT2D eigenvalue weighted by molar-refractivity contribution is -0.133. The number of nitrogens with zero attached hydrogens (tertiary/aromatic N) is 7. The van der Waals surface area contributed by atoms with Crippen LogP contribution >= 0.6 is 0 Å². The van der Waals surface area contributed by atoms with Crippen molar-refractivity contribution in [2.24, 2.45) is 0 Å². The van der Waals surface area contributed by atoms with Crippen molar-refractivity contribution in [2.75, 3.05) is 6.54 Å². The summed E-state index contributed by atoms with van der Waals surface area (Å²) in [4.78, 5) is 15.8. The lowest BCUT2D eigenvalue weighted by Crippen LogP contribution is -2.38. The van der Waals surface area contributed by atoms with Gasteiger partial charge in [0.2, 0.25) is 11.7 Å². The molecule has 27 heavy (non-hydrogen) atoms. The van der Waals surface area contributed by atoms with E-state index in [2.05, 4.69) is 20.5 Å². The van der Waals surface area contributed by atoms with E-state index in [-0.39, 0.29) is 19.1 Å². The molecule has 0 spiro atoms. The van der Waals surface area contributed by atoms with Crippen LogP contribution in [-0.2, 0) is 37.5 Å². The van der Waals surface area contributed by atoms with Crippen molar-refractivity contribution in [3.63, 3.8) is 0 Å². The van der Waals surface area contributed by atoms with Crippen LogP contribution in [0.3, 0.4) is 0 Å². The summed E-state index contributed by atoms with van der Waals surface area (Å²) < 4.78 is 1.91. The molecule has 0 aliphatic carbocycles. The molecule has 0 bridgehead atoms. The predicted octanol–water partition coefficient (Wildman–Crippen LogP) is 0.634. The highest BCUT2D eigenvalue weighted by molar-refractivity contribution is 5.76. The van der Waals surface area contributed by atoms with E-state index in [4.69, 9.17) is 0 Å². The van der Waals surface area contributed by atoms with Gasteiger partial charge >= 0.3 is 0 Å². The van der Waals surface area contributed by atoms with Crippen LogP contribution in [0.2, 0.25) is 0 Å². The molecule has 1 aliphatic heterocycles. The summed E-state index contributed by atoms with van der Waals surface area (Å²) >= 11 is 0. The fourth-order valence-corrected chi connectivity index (χ4v) is 3.40. The Labute approximate surface area is 156 Å². The number of aliphatic hydroxyl groups is 1. The van der Waals surface area contributed by atoms with Crippen molar-refractivity contribution in [3.05, 3.63) is 47.3 Å². The van der Waals surface area contributed by atoms with Crippen LogP contribution in [0.1, 0.15) is 23.9 Å². The van der Waals surface area contributed by atoms with E-state index in [9.17, 15) is 9.90 Å². The van der Waals surface area contributed by atoms with E-state index in [0.717, 1.165) is 29.8 Å². The maximum Gasteiger partial charge on any atom is 0.246 e. The summed E-state index contributed by atoms with van der Waals surface area (Å²) in [5, 5.41) is 26.3. The van der Waals surface area contributed by atoms with Gasteiger partial charge in [0, 0.05) is 42.9 Å². The average Bonchev–Trinajstić information content (AvgIpc) is 3.32. The molecule has 9 heteroatoms. The van der Waals surface area contributed by atoms with Crippen molar-refractivity contribution in [3.8, 4) is 11.4 Å². The molecule has 1 N–H and O–H groups in total. The molecule has 1 aromatic carbocycles. The summed E-state index contributed by atoms with van der Waals surface area (Å²) in [6, 6.07) is 9.53. The Balaban J connectivity index is 1.47. The number of carbonyl (C=O) groups excluding carboxylic acids is 1. The molecule has 1 amide bonds. The van der Waals surface area contributed by atoms with Crippen LogP contribution in [0, 0.1) is 0 Å². The summed E-state index contributed by atoms with van der Waals surface area (Å²) in [5.41, 5.74) is 3.57. The predicted molar refractivity (Wildman–Crippen MR) is 96.2 cm³/mol. The molecule has 2 aromatic heterocycles. The minimum atomic E-state index is -0.123. The minimum absolute atomic E-state index is 0.0333. The van der Waals surface area contributed by atoms with Gasteiger partial charge < -0.3 is 10.0 Å². The van der Waals surface area contributed by atoms with E-state index in [1.54, 1.807) is 4.90 Å². The summed E-state index contributed by atoms with van der Waals surface area (Å²) in [6.07, 6.45) is 0.724. The van der Waals surface area contributed by atoms with E-state index in [1.807, 2.05) is 41.9 Å². The summed E-state index contributed by atoms with van der Waals surface area (Å²) in [7, 11) is 0. The van der Waals surface area contributed by atoms with Gasteiger partial charge in [0.05, 0.1) is 12.3 Å². The summed E-state index contributed by atoms with van der Waals surface area (Å²) in [5.74, 6) is 0.418. The van der Waals surface area contributed by atoms with Gasteiger partial charge in [-0.05, 0) is 12.1 Å². The lowest BCUT2D eigenvalue weighted by atomic mass is 10.1. The summed E-state index contributed by atoms with van der Waals surface area (Å²) in [6.45, 7) is 3.75. The first-order valence-corrected chi connectivity index (χ1v) is 8.99. The maximum atomic E-state index is 12.7. The number of rotatable bonds is 5. The van der Waals surface area contributed by atoms with Crippen molar-refractivity contribution in [1.29, 1.82) is 0 Å². The second-order valence-corrected chi connectivity index (χ2v) is 6.42. The van der Waals surface area contributed by atoms with Gasteiger partial charge in [-0.3, -0.25) is 9.48 Å². The molecule has 0 radical (unpaired) electrons. The molecule has 0 atom stereocenters. The van der Waals surface area contributed by atoms with Crippen molar-refractivity contribution < 1.29 is 9.90 Å². The van der Waals surface area contributed by atoms with E-state index in [1.165, 1.54) is 4.80 Å². The van der Waals surface area contributed by atoms with E-state index >= 15 is 0 Å².